The highest BCUT2D eigenvalue weighted by Gasteiger charge is 2.09. The van der Waals surface area contributed by atoms with Crippen LogP contribution in [0.15, 0.2) is 43.0 Å². The van der Waals surface area contributed by atoms with Crippen LogP contribution in [0.1, 0.15) is 0 Å². The van der Waals surface area contributed by atoms with E-state index in [4.69, 9.17) is 5.73 Å². The topological polar surface area (TPSA) is 69.1 Å². The van der Waals surface area contributed by atoms with Crippen LogP contribution in [0.2, 0.25) is 0 Å². The molecule has 0 saturated heterocycles. The minimum Gasteiger partial charge on any atom is -0.382 e. The monoisotopic (exact) mass is 211 g/mol. The quantitative estimate of drug-likeness (QED) is 0.660. The summed E-state index contributed by atoms with van der Waals surface area (Å²) in [5, 5.41) is 0. The molecule has 16 heavy (non-hydrogen) atoms. The number of nitrogens with two attached hydrogens (primary N) is 1. The zero-order valence-electron chi connectivity index (χ0n) is 8.41. The molecule has 0 unspecified atom stereocenters. The Hall–Kier alpha value is -2.43. The van der Waals surface area contributed by atoms with Crippen molar-refractivity contribution in [2.45, 2.75) is 0 Å². The molecule has 0 amide bonds. The highest BCUT2D eigenvalue weighted by atomic mass is 15.0. The number of anilines is 1. The van der Waals surface area contributed by atoms with Gasteiger partial charge in [0, 0.05) is 18.6 Å². The molecule has 5 heteroatoms. The third-order valence-corrected chi connectivity index (χ3v) is 2.39. The molecule has 0 fully saturated rings. The van der Waals surface area contributed by atoms with Crippen molar-refractivity contribution in [3.05, 3.63) is 43.0 Å². The molecule has 0 aliphatic carbocycles. The van der Waals surface area contributed by atoms with Crippen LogP contribution in [-0.2, 0) is 0 Å². The molecular weight excluding hydrogens is 202 g/mol. The van der Waals surface area contributed by atoms with Gasteiger partial charge in [0.2, 0.25) is 0 Å². The molecule has 0 aromatic carbocycles. The lowest BCUT2D eigenvalue weighted by Gasteiger charge is -2.02. The van der Waals surface area contributed by atoms with Crippen LogP contribution in [0.3, 0.4) is 0 Å². The highest BCUT2D eigenvalue weighted by molar-refractivity contribution is 5.68. The van der Waals surface area contributed by atoms with Gasteiger partial charge in [-0.1, -0.05) is 6.07 Å². The van der Waals surface area contributed by atoms with Crippen molar-refractivity contribution >= 4 is 11.5 Å². The SMILES string of the molecule is Nc1nccnc1-c1cnc2ccccn12. The van der Waals surface area contributed by atoms with E-state index in [0.717, 1.165) is 11.3 Å². The molecule has 3 rings (SSSR count). The normalized spacial score (nSPS) is 10.8. The predicted molar refractivity (Wildman–Crippen MR) is 60.6 cm³/mol. The molecule has 0 saturated carbocycles. The Kier molecular flexibility index (Phi) is 1.83. The van der Waals surface area contributed by atoms with Gasteiger partial charge in [0.15, 0.2) is 5.82 Å². The maximum Gasteiger partial charge on any atom is 0.151 e. The summed E-state index contributed by atoms with van der Waals surface area (Å²) in [6, 6.07) is 5.80. The van der Waals surface area contributed by atoms with Gasteiger partial charge in [-0.25, -0.2) is 15.0 Å². The van der Waals surface area contributed by atoms with Gasteiger partial charge in [-0.2, -0.15) is 0 Å². The van der Waals surface area contributed by atoms with Crippen LogP contribution in [-0.4, -0.2) is 19.4 Å². The smallest absolute Gasteiger partial charge is 0.151 e. The number of hydrogen-bond acceptors (Lipinski definition) is 4. The Labute approximate surface area is 91.6 Å². The first-order valence-corrected chi connectivity index (χ1v) is 4.85. The highest BCUT2D eigenvalue weighted by Crippen LogP contribution is 2.21. The molecule has 0 radical (unpaired) electrons. The van der Waals surface area contributed by atoms with Crippen molar-refractivity contribution in [2.75, 3.05) is 5.73 Å². The van der Waals surface area contributed by atoms with E-state index in [9.17, 15) is 0 Å². The van der Waals surface area contributed by atoms with Crippen molar-refractivity contribution in [3.8, 4) is 11.4 Å². The summed E-state index contributed by atoms with van der Waals surface area (Å²) in [5.41, 5.74) is 8.15. The van der Waals surface area contributed by atoms with Gasteiger partial charge in [0.1, 0.15) is 11.3 Å². The van der Waals surface area contributed by atoms with Crippen molar-refractivity contribution < 1.29 is 0 Å². The van der Waals surface area contributed by atoms with Crippen molar-refractivity contribution in [3.63, 3.8) is 0 Å². The van der Waals surface area contributed by atoms with Crippen LogP contribution in [0.5, 0.6) is 0 Å². The molecule has 2 N–H and O–H groups in total. The van der Waals surface area contributed by atoms with Crippen LogP contribution in [0, 0.1) is 0 Å². The molecule has 3 heterocycles. The van der Waals surface area contributed by atoms with Crippen molar-refractivity contribution in [2.24, 2.45) is 0 Å². The predicted octanol–water partition coefficient (Wildman–Crippen LogP) is 1.37. The lowest BCUT2D eigenvalue weighted by atomic mass is 10.3. The minimum absolute atomic E-state index is 0.410. The second-order valence-electron chi connectivity index (χ2n) is 3.36. The standard InChI is InChI=1S/C11H9N5/c12-11-10(13-4-5-14-11)8-7-15-9-3-1-2-6-16(8)9/h1-7H,(H2,12,14). The summed E-state index contributed by atoms with van der Waals surface area (Å²) in [4.78, 5) is 12.5. The second-order valence-corrected chi connectivity index (χ2v) is 3.36. The molecule has 0 aliphatic rings. The largest absolute Gasteiger partial charge is 0.382 e. The van der Waals surface area contributed by atoms with E-state index in [1.165, 1.54) is 0 Å². The number of fused-ring (bicyclic) bond motifs is 1. The summed E-state index contributed by atoms with van der Waals surface area (Å²) in [6.45, 7) is 0. The van der Waals surface area contributed by atoms with E-state index in [0.29, 0.717) is 11.5 Å². The number of imidazole rings is 1. The van der Waals surface area contributed by atoms with Crippen LogP contribution >= 0.6 is 0 Å². The van der Waals surface area contributed by atoms with E-state index in [2.05, 4.69) is 15.0 Å². The molecule has 3 aromatic heterocycles. The molecule has 78 valence electrons. The second kappa shape index (κ2) is 3.30. The summed E-state index contributed by atoms with van der Waals surface area (Å²) in [6.07, 6.45) is 6.86. The van der Waals surface area contributed by atoms with Crippen LogP contribution in [0.25, 0.3) is 17.0 Å². The van der Waals surface area contributed by atoms with E-state index < -0.39 is 0 Å². The summed E-state index contributed by atoms with van der Waals surface area (Å²) >= 11 is 0. The Bertz CT molecular complexity index is 643. The Morgan fingerprint density at radius 1 is 1.06 bits per heavy atom. The summed E-state index contributed by atoms with van der Waals surface area (Å²) in [5.74, 6) is 0.410. The van der Waals surface area contributed by atoms with Gasteiger partial charge in [0.25, 0.3) is 0 Å². The fourth-order valence-corrected chi connectivity index (χ4v) is 1.65. The number of nitrogens with zero attached hydrogens (tertiary/aromatic N) is 4. The number of aromatic nitrogens is 4. The fraction of sp³-hybridized carbons (Fsp3) is 0. The van der Waals surface area contributed by atoms with Crippen molar-refractivity contribution in [1.29, 1.82) is 0 Å². The molecule has 0 spiro atoms. The zero-order chi connectivity index (χ0) is 11.0. The average Bonchev–Trinajstić information content (AvgIpc) is 2.74. The Balaban J connectivity index is 2.31. The van der Waals surface area contributed by atoms with Gasteiger partial charge in [0.05, 0.1) is 11.9 Å². The Morgan fingerprint density at radius 3 is 2.81 bits per heavy atom. The van der Waals surface area contributed by atoms with Crippen LogP contribution in [0.4, 0.5) is 5.82 Å². The van der Waals surface area contributed by atoms with Gasteiger partial charge in [-0.3, -0.25) is 4.40 Å². The molecule has 3 aromatic rings. The molecule has 0 bridgehead atoms. The van der Waals surface area contributed by atoms with Gasteiger partial charge in [-0.05, 0) is 12.1 Å². The van der Waals surface area contributed by atoms with E-state index in [1.54, 1.807) is 18.6 Å². The Morgan fingerprint density at radius 2 is 1.94 bits per heavy atom. The third-order valence-electron chi connectivity index (χ3n) is 2.39. The number of rotatable bonds is 1. The van der Waals surface area contributed by atoms with E-state index in [-0.39, 0.29) is 0 Å². The summed E-state index contributed by atoms with van der Waals surface area (Å²) < 4.78 is 1.93. The maximum absolute atomic E-state index is 5.79. The fourth-order valence-electron chi connectivity index (χ4n) is 1.65. The van der Waals surface area contributed by atoms with Gasteiger partial charge < -0.3 is 5.73 Å². The van der Waals surface area contributed by atoms with Crippen LogP contribution < -0.4 is 5.73 Å². The van der Waals surface area contributed by atoms with Crippen molar-refractivity contribution in [1.82, 2.24) is 19.4 Å². The van der Waals surface area contributed by atoms with Gasteiger partial charge >= 0.3 is 0 Å². The maximum atomic E-state index is 5.79. The summed E-state index contributed by atoms with van der Waals surface area (Å²) in [7, 11) is 0. The van der Waals surface area contributed by atoms with E-state index in [1.807, 2.05) is 28.8 Å². The first-order chi connectivity index (χ1) is 7.86. The first kappa shape index (κ1) is 8.84. The molecular formula is C11H9N5. The third kappa shape index (κ3) is 1.22. The lowest BCUT2D eigenvalue weighted by Crippen LogP contribution is -1.98. The number of hydrogen-bond donors (Lipinski definition) is 1. The molecule has 5 nitrogen and oxygen atoms in total. The molecule has 0 aliphatic heterocycles. The van der Waals surface area contributed by atoms with Gasteiger partial charge in [-0.15, -0.1) is 0 Å². The number of pyridine rings is 1. The average molecular weight is 211 g/mol. The first-order valence-electron chi connectivity index (χ1n) is 4.85. The number of nitrogen functional groups attached to an aromatic ring is 1. The van der Waals surface area contributed by atoms with E-state index >= 15 is 0 Å². The lowest BCUT2D eigenvalue weighted by molar-refractivity contribution is 1.14. The molecule has 0 atom stereocenters. The zero-order valence-corrected chi connectivity index (χ0v) is 8.41. The minimum atomic E-state index is 0.410.